The predicted molar refractivity (Wildman–Crippen MR) is 82.6 cm³/mol. The van der Waals surface area contributed by atoms with Crippen LogP contribution >= 0.6 is 11.7 Å². The maximum Gasteiger partial charge on any atom is 0.303 e. The van der Waals surface area contributed by atoms with Gasteiger partial charge in [0.2, 0.25) is 0 Å². The lowest BCUT2D eigenvalue weighted by Gasteiger charge is -2.17. The second kappa shape index (κ2) is 6.01. The van der Waals surface area contributed by atoms with E-state index in [9.17, 15) is 4.79 Å². The Morgan fingerprint density at radius 3 is 2.57 bits per heavy atom. The van der Waals surface area contributed by atoms with Gasteiger partial charge in [0.1, 0.15) is 11.0 Å². The fraction of sp³-hybridized carbons (Fsp3) is 0.188. The molecule has 21 heavy (non-hydrogen) atoms. The van der Waals surface area contributed by atoms with Crippen LogP contribution in [0.5, 0.6) is 0 Å². The van der Waals surface area contributed by atoms with Gasteiger partial charge in [0.25, 0.3) is 0 Å². The van der Waals surface area contributed by atoms with Gasteiger partial charge in [-0.1, -0.05) is 36.4 Å². The van der Waals surface area contributed by atoms with E-state index in [-0.39, 0.29) is 12.3 Å². The molecule has 0 saturated carbocycles. The van der Waals surface area contributed by atoms with Crippen LogP contribution in [0, 0.1) is 0 Å². The van der Waals surface area contributed by atoms with Crippen molar-refractivity contribution in [3.05, 3.63) is 59.7 Å². The van der Waals surface area contributed by atoms with Gasteiger partial charge in [0, 0.05) is 12.3 Å². The molecule has 0 bridgehead atoms. The Morgan fingerprint density at radius 1 is 1.05 bits per heavy atom. The molecule has 4 nitrogen and oxygen atoms in total. The minimum absolute atomic E-state index is 0.0633. The number of fused-ring (bicyclic) bond motifs is 1. The van der Waals surface area contributed by atoms with Gasteiger partial charge in [0.15, 0.2) is 0 Å². The summed E-state index contributed by atoms with van der Waals surface area (Å²) in [5.74, 6) is -0.708. The largest absolute Gasteiger partial charge is 0.481 e. The van der Waals surface area contributed by atoms with Crippen LogP contribution in [0.1, 0.15) is 29.9 Å². The van der Waals surface area contributed by atoms with Gasteiger partial charge < -0.3 is 5.11 Å². The van der Waals surface area contributed by atoms with Crippen LogP contribution in [-0.2, 0) is 4.79 Å². The summed E-state index contributed by atoms with van der Waals surface area (Å²) in [6, 6.07) is 16.0. The van der Waals surface area contributed by atoms with Crippen LogP contribution in [0.15, 0.2) is 48.5 Å². The van der Waals surface area contributed by atoms with Crippen LogP contribution in [0.4, 0.5) is 0 Å². The highest BCUT2D eigenvalue weighted by molar-refractivity contribution is 7.00. The van der Waals surface area contributed by atoms with Crippen molar-refractivity contribution in [2.45, 2.75) is 18.8 Å². The number of hydrogen-bond donors (Lipinski definition) is 1. The van der Waals surface area contributed by atoms with E-state index in [2.05, 4.69) is 8.75 Å². The molecule has 0 radical (unpaired) electrons. The Balaban J connectivity index is 1.98. The molecule has 1 atom stereocenters. The van der Waals surface area contributed by atoms with Crippen molar-refractivity contribution in [3.8, 4) is 0 Å². The van der Waals surface area contributed by atoms with E-state index in [1.165, 1.54) is 11.7 Å². The summed E-state index contributed by atoms with van der Waals surface area (Å²) in [7, 11) is 0. The summed E-state index contributed by atoms with van der Waals surface area (Å²) in [6.07, 6.45) is 0.718. The quantitative estimate of drug-likeness (QED) is 0.780. The lowest BCUT2D eigenvalue weighted by Crippen LogP contribution is -2.05. The summed E-state index contributed by atoms with van der Waals surface area (Å²) in [5.41, 5.74) is 3.96. The second-order valence-electron chi connectivity index (χ2n) is 4.91. The van der Waals surface area contributed by atoms with Gasteiger partial charge in [-0.05, 0) is 29.7 Å². The molecule has 1 unspecified atom stereocenters. The van der Waals surface area contributed by atoms with Crippen LogP contribution in [0.25, 0.3) is 11.0 Å². The van der Waals surface area contributed by atoms with E-state index < -0.39 is 5.97 Å². The van der Waals surface area contributed by atoms with E-state index in [0.717, 1.165) is 22.2 Å². The summed E-state index contributed by atoms with van der Waals surface area (Å²) in [6.45, 7) is 0. The molecule has 0 aliphatic rings. The van der Waals surface area contributed by atoms with E-state index >= 15 is 0 Å². The van der Waals surface area contributed by atoms with Gasteiger partial charge >= 0.3 is 5.97 Å². The molecule has 3 aromatic rings. The van der Waals surface area contributed by atoms with Crippen LogP contribution in [0.3, 0.4) is 0 Å². The number of carboxylic acid groups (broad SMARTS) is 1. The summed E-state index contributed by atoms with van der Waals surface area (Å²) in [5, 5.41) is 8.97. The molecule has 1 heterocycles. The zero-order valence-electron chi connectivity index (χ0n) is 11.3. The van der Waals surface area contributed by atoms with Crippen LogP contribution in [0.2, 0.25) is 0 Å². The van der Waals surface area contributed by atoms with E-state index in [1.807, 2.05) is 48.5 Å². The average molecular weight is 298 g/mol. The third kappa shape index (κ3) is 3.08. The number of rotatable bonds is 5. The number of nitrogens with zero attached hydrogens (tertiary/aromatic N) is 2. The first-order valence-corrected chi connectivity index (χ1v) is 7.46. The zero-order chi connectivity index (χ0) is 14.7. The van der Waals surface area contributed by atoms with Crippen molar-refractivity contribution < 1.29 is 9.90 Å². The number of benzene rings is 2. The minimum Gasteiger partial charge on any atom is -0.481 e. The number of carbonyl (C=O) groups is 1. The first-order chi connectivity index (χ1) is 10.2. The molecule has 0 amide bonds. The molecule has 0 saturated heterocycles. The van der Waals surface area contributed by atoms with Crippen molar-refractivity contribution in [1.29, 1.82) is 0 Å². The third-order valence-electron chi connectivity index (χ3n) is 3.53. The Hall–Kier alpha value is -2.27. The van der Waals surface area contributed by atoms with Gasteiger partial charge in [-0.15, -0.1) is 0 Å². The van der Waals surface area contributed by atoms with E-state index in [4.69, 9.17) is 5.11 Å². The SMILES string of the molecule is O=C(O)CCC(c1ccccc1)c1ccc2nsnc2c1. The molecule has 0 aliphatic carbocycles. The fourth-order valence-electron chi connectivity index (χ4n) is 2.49. The number of aromatic nitrogens is 2. The first kappa shape index (κ1) is 13.7. The molecule has 1 aromatic heterocycles. The molecule has 0 spiro atoms. The van der Waals surface area contributed by atoms with Gasteiger partial charge in [-0.25, -0.2) is 0 Å². The van der Waals surface area contributed by atoms with Gasteiger partial charge in [-0.2, -0.15) is 8.75 Å². The average Bonchev–Trinajstić information content (AvgIpc) is 2.96. The molecular formula is C16H14N2O2S. The molecule has 0 aliphatic heterocycles. The summed E-state index contributed by atoms with van der Waals surface area (Å²) in [4.78, 5) is 10.9. The lowest BCUT2D eigenvalue weighted by atomic mass is 9.87. The highest BCUT2D eigenvalue weighted by Gasteiger charge is 2.16. The van der Waals surface area contributed by atoms with Crippen molar-refractivity contribution >= 4 is 28.7 Å². The Bertz CT molecular complexity index is 755. The molecule has 5 heteroatoms. The number of aliphatic carboxylic acids is 1. The normalized spacial score (nSPS) is 12.4. The van der Waals surface area contributed by atoms with Gasteiger partial charge in [-0.3, -0.25) is 4.79 Å². The first-order valence-electron chi connectivity index (χ1n) is 6.73. The monoisotopic (exact) mass is 298 g/mol. The number of hydrogen-bond acceptors (Lipinski definition) is 4. The molecule has 1 N–H and O–H groups in total. The minimum atomic E-state index is -0.771. The molecule has 3 rings (SSSR count). The van der Waals surface area contributed by atoms with E-state index in [0.29, 0.717) is 6.42 Å². The van der Waals surface area contributed by atoms with Crippen LogP contribution in [-0.4, -0.2) is 19.8 Å². The van der Waals surface area contributed by atoms with Crippen molar-refractivity contribution in [2.75, 3.05) is 0 Å². The van der Waals surface area contributed by atoms with Crippen molar-refractivity contribution in [2.24, 2.45) is 0 Å². The van der Waals surface area contributed by atoms with Crippen molar-refractivity contribution in [1.82, 2.24) is 8.75 Å². The number of carboxylic acids is 1. The van der Waals surface area contributed by atoms with Gasteiger partial charge in [0.05, 0.1) is 11.7 Å². The standard InChI is InChI=1S/C16H14N2O2S/c19-16(20)9-7-13(11-4-2-1-3-5-11)12-6-8-14-15(10-12)18-21-17-14/h1-6,8,10,13H,7,9H2,(H,19,20). The van der Waals surface area contributed by atoms with Crippen molar-refractivity contribution in [3.63, 3.8) is 0 Å². The second-order valence-corrected chi connectivity index (χ2v) is 5.44. The third-order valence-corrected chi connectivity index (χ3v) is 4.09. The highest BCUT2D eigenvalue weighted by Crippen LogP contribution is 2.30. The highest BCUT2D eigenvalue weighted by atomic mass is 32.1. The summed E-state index contributed by atoms with van der Waals surface area (Å²) >= 11 is 1.19. The molecule has 106 valence electrons. The molecular weight excluding hydrogens is 284 g/mol. The fourth-order valence-corrected chi connectivity index (χ4v) is 3.01. The Kier molecular flexibility index (Phi) is 3.92. The molecule has 0 fully saturated rings. The topological polar surface area (TPSA) is 63.1 Å². The van der Waals surface area contributed by atoms with E-state index in [1.54, 1.807) is 0 Å². The zero-order valence-corrected chi connectivity index (χ0v) is 12.1. The molecule has 2 aromatic carbocycles. The lowest BCUT2D eigenvalue weighted by molar-refractivity contribution is -0.137. The predicted octanol–water partition coefficient (Wildman–Crippen LogP) is 3.69. The smallest absolute Gasteiger partial charge is 0.303 e. The summed E-state index contributed by atoms with van der Waals surface area (Å²) < 4.78 is 8.47. The maximum atomic E-state index is 10.9. The maximum absolute atomic E-state index is 10.9. The Labute approximate surface area is 126 Å². The Morgan fingerprint density at radius 2 is 1.81 bits per heavy atom. The van der Waals surface area contributed by atoms with Crippen LogP contribution < -0.4 is 0 Å².